The van der Waals surface area contributed by atoms with Gasteiger partial charge >= 0.3 is 0 Å². The second-order valence-corrected chi connectivity index (χ2v) is 4.90. The van der Waals surface area contributed by atoms with Gasteiger partial charge in [0.05, 0.1) is 6.26 Å². The van der Waals surface area contributed by atoms with Crippen LogP contribution in [0, 0.1) is 0 Å². The number of sulfonamides is 1. The van der Waals surface area contributed by atoms with Crippen LogP contribution in [-0.2, 0) is 10.0 Å². The fourth-order valence-electron chi connectivity index (χ4n) is 1.01. The highest BCUT2D eigenvalue weighted by atomic mass is 32.2. The minimum absolute atomic E-state index is 0.0346. The highest BCUT2D eigenvalue weighted by Crippen LogP contribution is 1.98. The summed E-state index contributed by atoms with van der Waals surface area (Å²) in [5, 5.41) is 0. The van der Waals surface area contributed by atoms with Gasteiger partial charge in [-0.05, 0) is 6.42 Å². The summed E-state index contributed by atoms with van der Waals surface area (Å²) in [6.07, 6.45) is 1.82. The Morgan fingerprint density at radius 1 is 1.43 bits per heavy atom. The third-order valence-corrected chi connectivity index (χ3v) is 3.06. The molecule has 0 bridgehead atoms. The molecular formula is C7H18N4O2S. The number of hydrogen-bond acceptors (Lipinski definition) is 3. The van der Waals surface area contributed by atoms with Crippen molar-refractivity contribution in [1.29, 1.82) is 0 Å². The van der Waals surface area contributed by atoms with Crippen LogP contribution >= 0.6 is 0 Å². The van der Waals surface area contributed by atoms with Gasteiger partial charge in [0.25, 0.3) is 0 Å². The Morgan fingerprint density at radius 2 is 2.00 bits per heavy atom. The van der Waals surface area contributed by atoms with Gasteiger partial charge in [0.2, 0.25) is 10.0 Å². The summed E-state index contributed by atoms with van der Waals surface area (Å²) in [6, 6.07) is 0. The molecule has 7 heteroatoms. The summed E-state index contributed by atoms with van der Waals surface area (Å²) in [5.74, 6) is 0.0346. The zero-order valence-electron chi connectivity index (χ0n) is 8.60. The van der Waals surface area contributed by atoms with Crippen LogP contribution in [0.1, 0.15) is 13.3 Å². The second-order valence-electron chi connectivity index (χ2n) is 2.91. The molecule has 4 N–H and O–H groups in total. The molecule has 0 rings (SSSR count). The van der Waals surface area contributed by atoms with Crippen molar-refractivity contribution in [3.63, 3.8) is 0 Å². The molecule has 0 aliphatic heterocycles. The average molecular weight is 222 g/mol. The Kier molecular flexibility index (Phi) is 5.47. The van der Waals surface area contributed by atoms with Crippen molar-refractivity contribution in [3.8, 4) is 0 Å². The van der Waals surface area contributed by atoms with Crippen molar-refractivity contribution < 1.29 is 8.42 Å². The zero-order valence-corrected chi connectivity index (χ0v) is 9.42. The Bertz CT molecular complexity index is 282. The molecule has 0 spiro atoms. The molecule has 0 saturated carbocycles. The standard InChI is InChI=1S/C7H18N4O2S/c1-3-11(14(2,12)13)6-4-5-10-7(8)9/h3-6H2,1-2H3,(H4,8,9,10). The lowest BCUT2D eigenvalue weighted by atomic mass is 10.4. The van der Waals surface area contributed by atoms with Crippen LogP contribution in [0.15, 0.2) is 4.99 Å². The number of hydrogen-bond donors (Lipinski definition) is 2. The normalized spacial score (nSPS) is 11.6. The predicted molar refractivity (Wildman–Crippen MR) is 57.4 cm³/mol. The third kappa shape index (κ3) is 5.76. The van der Waals surface area contributed by atoms with E-state index in [9.17, 15) is 8.42 Å². The number of guanidine groups is 1. The van der Waals surface area contributed by atoms with Gasteiger partial charge in [-0.2, -0.15) is 0 Å². The number of nitrogens with zero attached hydrogens (tertiary/aromatic N) is 2. The molecule has 84 valence electrons. The van der Waals surface area contributed by atoms with Gasteiger partial charge in [0.15, 0.2) is 5.96 Å². The van der Waals surface area contributed by atoms with E-state index < -0.39 is 10.0 Å². The summed E-state index contributed by atoms with van der Waals surface area (Å²) >= 11 is 0. The van der Waals surface area contributed by atoms with E-state index in [0.717, 1.165) is 0 Å². The molecule has 0 heterocycles. The van der Waals surface area contributed by atoms with E-state index in [1.807, 2.05) is 0 Å². The third-order valence-electron chi connectivity index (χ3n) is 1.68. The lowest BCUT2D eigenvalue weighted by Gasteiger charge is -2.16. The van der Waals surface area contributed by atoms with Crippen molar-refractivity contribution in [2.75, 3.05) is 25.9 Å². The first-order chi connectivity index (χ1) is 6.38. The smallest absolute Gasteiger partial charge is 0.211 e. The largest absolute Gasteiger partial charge is 0.370 e. The van der Waals surface area contributed by atoms with Crippen LogP contribution in [0.5, 0.6) is 0 Å². The predicted octanol–water partition coefficient (Wildman–Crippen LogP) is -1.07. The molecule has 0 aromatic rings. The fraction of sp³-hybridized carbons (Fsp3) is 0.857. The molecule has 0 amide bonds. The monoisotopic (exact) mass is 222 g/mol. The van der Waals surface area contributed by atoms with Crippen molar-refractivity contribution >= 4 is 16.0 Å². The maximum absolute atomic E-state index is 11.1. The minimum atomic E-state index is -3.09. The van der Waals surface area contributed by atoms with Gasteiger partial charge in [-0.3, -0.25) is 4.99 Å². The van der Waals surface area contributed by atoms with Crippen LogP contribution in [-0.4, -0.2) is 44.6 Å². The van der Waals surface area contributed by atoms with Gasteiger partial charge in [0, 0.05) is 19.6 Å². The molecule has 0 atom stereocenters. The minimum Gasteiger partial charge on any atom is -0.370 e. The number of aliphatic imine (C=N–C) groups is 1. The van der Waals surface area contributed by atoms with Crippen LogP contribution in [0.25, 0.3) is 0 Å². The molecule has 0 saturated heterocycles. The maximum atomic E-state index is 11.1. The molecule has 0 unspecified atom stereocenters. The number of nitrogens with two attached hydrogens (primary N) is 2. The number of rotatable bonds is 6. The quantitative estimate of drug-likeness (QED) is 0.339. The van der Waals surface area contributed by atoms with E-state index in [4.69, 9.17) is 11.5 Å². The SMILES string of the molecule is CCN(CCCN=C(N)N)S(C)(=O)=O. The van der Waals surface area contributed by atoms with Gasteiger partial charge in [-0.25, -0.2) is 12.7 Å². The van der Waals surface area contributed by atoms with Crippen molar-refractivity contribution in [1.82, 2.24) is 4.31 Å². The highest BCUT2D eigenvalue weighted by molar-refractivity contribution is 7.88. The van der Waals surface area contributed by atoms with Crippen LogP contribution in [0.4, 0.5) is 0 Å². The Hall–Kier alpha value is -0.820. The van der Waals surface area contributed by atoms with Gasteiger partial charge in [-0.1, -0.05) is 6.92 Å². The van der Waals surface area contributed by atoms with E-state index in [-0.39, 0.29) is 5.96 Å². The molecule has 0 fully saturated rings. The second kappa shape index (κ2) is 5.82. The highest BCUT2D eigenvalue weighted by Gasteiger charge is 2.12. The average Bonchev–Trinajstić information content (AvgIpc) is 2.01. The maximum Gasteiger partial charge on any atom is 0.211 e. The molecule has 0 aromatic carbocycles. The van der Waals surface area contributed by atoms with Crippen LogP contribution in [0.2, 0.25) is 0 Å². The Morgan fingerprint density at radius 3 is 2.36 bits per heavy atom. The van der Waals surface area contributed by atoms with Gasteiger partial charge in [0.1, 0.15) is 0 Å². The molecule has 0 radical (unpaired) electrons. The summed E-state index contributed by atoms with van der Waals surface area (Å²) < 4.78 is 23.6. The van der Waals surface area contributed by atoms with Crippen molar-refractivity contribution in [2.24, 2.45) is 16.5 Å². The summed E-state index contributed by atoms with van der Waals surface area (Å²) in [5.41, 5.74) is 10.2. The Balaban J connectivity index is 3.93. The van der Waals surface area contributed by atoms with E-state index >= 15 is 0 Å². The van der Waals surface area contributed by atoms with Gasteiger partial charge < -0.3 is 11.5 Å². The first-order valence-corrected chi connectivity index (χ1v) is 6.23. The molecule has 0 aliphatic carbocycles. The lowest BCUT2D eigenvalue weighted by Crippen LogP contribution is -2.31. The summed E-state index contributed by atoms with van der Waals surface area (Å²) in [7, 11) is -3.09. The first-order valence-electron chi connectivity index (χ1n) is 4.38. The van der Waals surface area contributed by atoms with E-state index in [0.29, 0.717) is 26.1 Å². The zero-order chi connectivity index (χ0) is 11.2. The molecule has 0 aliphatic rings. The Labute approximate surface area is 85.0 Å². The fourth-order valence-corrected chi connectivity index (χ4v) is 1.94. The van der Waals surface area contributed by atoms with Crippen LogP contribution in [0.3, 0.4) is 0 Å². The van der Waals surface area contributed by atoms with Crippen molar-refractivity contribution in [2.45, 2.75) is 13.3 Å². The molecule has 14 heavy (non-hydrogen) atoms. The lowest BCUT2D eigenvalue weighted by molar-refractivity contribution is 0.427. The van der Waals surface area contributed by atoms with E-state index in [1.165, 1.54) is 10.6 Å². The first kappa shape index (κ1) is 13.2. The topological polar surface area (TPSA) is 102 Å². The van der Waals surface area contributed by atoms with E-state index in [1.54, 1.807) is 6.92 Å². The molecule has 0 aromatic heterocycles. The van der Waals surface area contributed by atoms with Crippen LogP contribution < -0.4 is 11.5 Å². The molecular weight excluding hydrogens is 204 g/mol. The molecule has 6 nitrogen and oxygen atoms in total. The summed E-state index contributed by atoms with van der Waals surface area (Å²) in [4.78, 5) is 3.76. The summed E-state index contributed by atoms with van der Waals surface area (Å²) in [6.45, 7) is 3.17. The van der Waals surface area contributed by atoms with Crippen molar-refractivity contribution in [3.05, 3.63) is 0 Å². The van der Waals surface area contributed by atoms with E-state index in [2.05, 4.69) is 4.99 Å². The van der Waals surface area contributed by atoms with Gasteiger partial charge in [-0.15, -0.1) is 0 Å².